The summed E-state index contributed by atoms with van der Waals surface area (Å²) in [5, 5.41) is 24.2. The molecule has 1 N–H and O–H groups in total. The molecule has 1 aliphatic rings. The summed E-state index contributed by atoms with van der Waals surface area (Å²) in [7, 11) is 0. The van der Waals surface area contributed by atoms with Gasteiger partial charge in [-0.2, -0.15) is 14.7 Å². The van der Waals surface area contributed by atoms with Crippen LogP contribution in [0.15, 0.2) is 60.7 Å². The van der Waals surface area contributed by atoms with Gasteiger partial charge in [-0.1, -0.05) is 53.7 Å². The number of fused-ring (bicyclic) bond motifs is 6. The molecule has 0 bridgehead atoms. The van der Waals surface area contributed by atoms with E-state index in [-0.39, 0.29) is 10.5 Å². The third kappa shape index (κ3) is 2.55. The van der Waals surface area contributed by atoms with Crippen LogP contribution in [0.1, 0.15) is 22.6 Å². The first-order valence-corrected chi connectivity index (χ1v) is 9.80. The van der Waals surface area contributed by atoms with Crippen LogP contribution in [0.2, 0.25) is 0 Å². The fourth-order valence-electron chi connectivity index (χ4n) is 4.15. The van der Waals surface area contributed by atoms with Crippen molar-refractivity contribution in [3.05, 3.63) is 92.2 Å². The zero-order chi connectivity index (χ0) is 21.1. The lowest BCUT2D eigenvalue weighted by atomic mass is 9.82. The van der Waals surface area contributed by atoms with Crippen molar-refractivity contribution < 1.29 is 9.66 Å². The summed E-state index contributed by atoms with van der Waals surface area (Å²) in [5.41, 5.74) is 2.69. The Kier molecular flexibility index (Phi) is 3.65. The zero-order valence-corrected chi connectivity index (χ0v) is 16.5. The first kappa shape index (κ1) is 17.7. The fraction of sp³-hybridized carbons (Fsp3) is 0.0476. The van der Waals surface area contributed by atoms with Gasteiger partial charge in [-0.25, -0.2) is 0 Å². The van der Waals surface area contributed by atoms with Gasteiger partial charge in [0.2, 0.25) is 10.7 Å². The number of tetrazole rings is 1. The lowest BCUT2D eigenvalue weighted by Crippen LogP contribution is -2.16. The van der Waals surface area contributed by atoms with Gasteiger partial charge < -0.3 is 4.74 Å². The highest BCUT2D eigenvalue weighted by atomic mass is 32.1. The van der Waals surface area contributed by atoms with Crippen LogP contribution in [0.25, 0.3) is 16.4 Å². The summed E-state index contributed by atoms with van der Waals surface area (Å²) >= 11 is 5.37. The summed E-state index contributed by atoms with van der Waals surface area (Å²) in [5.74, 6) is 0.558. The van der Waals surface area contributed by atoms with Crippen LogP contribution < -0.4 is 4.74 Å². The van der Waals surface area contributed by atoms with Gasteiger partial charge in [-0.3, -0.25) is 10.1 Å². The minimum atomic E-state index is -0.411. The molecule has 0 radical (unpaired) electrons. The third-order valence-corrected chi connectivity index (χ3v) is 5.76. The van der Waals surface area contributed by atoms with E-state index in [1.165, 1.54) is 10.6 Å². The topological polar surface area (TPSA) is 111 Å². The van der Waals surface area contributed by atoms with Crippen LogP contribution in [0.5, 0.6) is 11.6 Å². The molecule has 0 spiro atoms. The molecule has 2 aromatic heterocycles. The second-order valence-corrected chi connectivity index (χ2v) is 7.53. The van der Waals surface area contributed by atoms with Crippen molar-refractivity contribution in [2.24, 2.45) is 0 Å². The molecule has 3 heterocycles. The van der Waals surface area contributed by atoms with Crippen molar-refractivity contribution in [2.75, 3.05) is 0 Å². The van der Waals surface area contributed by atoms with E-state index in [1.54, 1.807) is 12.1 Å². The van der Waals surface area contributed by atoms with Gasteiger partial charge in [0.15, 0.2) is 5.65 Å². The monoisotopic (exact) mass is 428 g/mol. The van der Waals surface area contributed by atoms with Gasteiger partial charge >= 0.3 is 0 Å². The molecule has 6 rings (SSSR count). The Morgan fingerprint density at radius 2 is 2.00 bits per heavy atom. The number of nitro benzene ring substituents is 1. The lowest BCUT2D eigenvalue weighted by molar-refractivity contribution is -0.384. The SMILES string of the molecule is O=[N+]([O-])c1cccc(C2c3ccc4ccccc4c3Oc3nc(=S)n4[nH]nnc4c32)c1. The Labute approximate surface area is 179 Å². The normalized spacial score (nSPS) is 14.8. The molecule has 10 heteroatoms. The third-order valence-electron chi connectivity index (χ3n) is 5.48. The molecule has 1 unspecified atom stereocenters. The Hall–Kier alpha value is -4.18. The van der Waals surface area contributed by atoms with E-state index in [1.807, 2.05) is 42.5 Å². The number of H-pyrrole nitrogens is 1. The first-order valence-electron chi connectivity index (χ1n) is 9.39. The van der Waals surface area contributed by atoms with Crippen LogP contribution in [0, 0.1) is 14.9 Å². The molecule has 31 heavy (non-hydrogen) atoms. The molecule has 9 nitrogen and oxygen atoms in total. The van der Waals surface area contributed by atoms with Crippen molar-refractivity contribution >= 4 is 34.3 Å². The van der Waals surface area contributed by atoms with Gasteiger partial charge in [0.05, 0.1) is 10.5 Å². The standard InChI is InChI=1S/C21H12N6O3S/c28-27(29)13-6-3-5-12(10-13)16-15-9-8-11-4-1-2-7-14(11)18(15)30-20-17(16)19-23-24-25-26(19)21(31)22-20/h1-10,16H,(H,23,25). The van der Waals surface area contributed by atoms with E-state index >= 15 is 0 Å². The number of nitrogens with zero attached hydrogens (tertiary/aromatic N) is 5. The maximum absolute atomic E-state index is 11.4. The highest BCUT2D eigenvalue weighted by Crippen LogP contribution is 2.50. The van der Waals surface area contributed by atoms with E-state index in [0.29, 0.717) is 22.8 Å². The molecule has 0 amide bonds. The first-order chi connectivity index (χ1) is 15.1. The minimum Gasteiger partial charge on any atom is -0.437 e. The van der Waals surface area contributed by atoms with Gasteiger partial charge in [-0.05, 0) is 23.2 Å². The molecule has 1 atom stereocenters. The number of hydrogen-bond acceptors (Lipinski definition) is 7. The van der Waals surface area contributed by atoms with Crippen LogP contribution in [0.3, 0.4) is 0 Å². The summed E-state index contributed by atoms with van der Waals surface area (Å²) in [6, 6.07) is 18.4. The van der Waals surface area contributed by atoms with Crippen LogP contribution in [0.4, 0.5) is 5.69 Å². The second-order valence-electron chi connectivity index (χ2n) is 7.16. The second kappa shape index (κ2) is 6.41. The number of non-ortho nitro benzene ring substituents is 1. The largest absolute Gasteiger partial charge is 0.437 e. The summed E-state index contributed by atoms with van der Waals surface area (Å²) in [4.78, 5) is 15.5. The zero-order valence-electron chi connectivity index (χ0n) is 15.7. The van der Waals surface area contributed by atoms with E-state index in [4.69, 9.17) is 17.0 Å². The van der Waals surface area contributed by atoms with Crippen LogP contribution in [-0.4, -0.2) is 29.9 Å². The number of rotatable bonds is 2. The summed E-state index contributed by atoms with van der Waals surface area (Å²) in [6.45, 7) is 0. The predicted molar refractivity (Wildman–Crippen MR) is 114 cm³/mol. The maximum atomic E-state index is 11.4. The maximum Gasteiger partial charge on any atom is 0.269 e. The van der Waals surface area contributed by atoms with Gasteiger partial charge in [0.25, 0.3) is 5.69 Å². The predicted octanol–water partition coefficient (Wildman–Crippen LogP) is 4.53. The number of nitrogens with one attached hydrogen (secondary N) is 1. The van der Waals surface area contributed by atoms with E-state index < -0.39 is 10.8 Å². The molecule has 0 saturated heterocycles. The molecule has 150 valence electrons. The summed E-state index contributed by atoms with van der Waals surface area (Å²) in [6.07, 6.45) is 0. The highest BCUT2D eigenvalue weighted by Gasteiger charge is 2.35. The molecule has 3 aromatic carbocycles. The molecule has 0 aliphatic carbocycles. The van der Waals surface area contributed by atoms with Crippen LogP contribution >= 0.6 is 12.2 Å². The van der Waals surface area contributed by atoms with Crippen molar-refractivity contribution in [1.29, 1.82) is 0 Å². The molecule has 0 saturated carbocycles. The quantitative estimate of drug-likeness (QED) is 0.245. The Morgan fingerprint density at radius 1 is 1.13 bits per heavy atom. The lowest BCUT2D eigenvalue weighted by Gasteiger charge is -2.28. The van der Waals surface area contributed by atoms with Gasteiger partial charge in [0, 0.05) is 29.0 Å². The molecule has 5 aromatic rings. The minimum absolute atomic E-state index is 0.00443. The average Bonchev–Trinajstić information content (AvgIpc) is 3.28. The Bertz CT molecular complexity index is 1590. The molecular weight excluding hydrogens is 416 g/mol. The fourth-order valence-corrected chi connectivity index (χ4v) is 4.36. The van der Waals surface area contributed by atoms with E-state index in [0.717, 1.165) is 21.9 Å². The van der Waals surface area contributed by atoms with Crippen molar-refractivity contribution in [1.82, 2.24) is 25.0 Å². The van der Waals surface area contributed by atoms with Gasteiger partial charge in [0.1, 0.15) is 5.75 Å². The molecule has 1 aliphatic heterocycles. The number of nitro groups is 1. The van der Waals surface area contributed by atoms with E-state index in [2.05, 4.69) is 20.5 Å². The number of hydrogen-bond donors (Lipinski definition) is 1. The highest BCUT2D eigenvalue weighted by molar-refractivity contribution is 7.71. The Balaban J connectivity index is 1.73. The molecular formula is C21H12N6O3S. The number of aromatic nitrogens is 5. The number of aromatic amines is 1. The number of ether oxygens (including phenoxy) is 1. The average molecular weight is 428 g/mol. The van der Waals surface area contributed by atoms with E-state index in [9.17, 15) is 10.1 Å². The molecule has 0 fully saturated rings. The Morgan fingerprint density at radius 3 is 2.87 bits per heavy atom. The van der Waals surface area contributed by atoms with Crippen molar-refractivity contribution in [3.8, 4) is 11.6 Å². The summed E-state index contributed by atoms with van der Waals surface area (Å²) < 4.78 is 7.99. The van der Waals surface area contributed by atoms with Crippen molar-refractivity contribution in [3.63, 3.8) is 0 Å². The van der Waals surface area contributed by atoms with Gasteiger partial charge in [-0.15, -0.1) is 5.10 Å². The number of benzene rings is 3. The van der Waals surface area contributed by atoms with Crippen molar-refractivity contribution in [2.45, 2.75) is 5.92 Å². The van der Waals surface area contributed by atoms with Crippen LogP contribution in [-0.2, 0) is 0 Å². The smallest absolute Gasteiger partial charge is 0.269 e.